The lowest BCUT2D eigenvalue weighted by molar-refractivity contribution is 0.0684. The van der Waals surface area contributed by atoms with E-state index < -0.39 is 0 Å². The van der Waals surface area contributed by atoms with Crippen LogP contribution in [-0.2, 0) is 4.74 Å². The topological polar surface area (TPSA) is 60.1 Å². The Morgan fingerprint density at radius 1 is 1.48 bits per heavy atom. The maximum Gasteiger partial charge on any atom is 0.128 e. The highest BCUT2D eigenvalue weighted by Gasteiger charge is 2.13. The fourth-order valence-corrected chi connectivity index (χ4v) is 2.20. The Hall–Kier alpha value is -1.72. The van der Waals surface area contributed by atoms with Gasteiger partial charge in [-0.15, -0.1) is 0 Å². The van der Waals surface area contributed by atoms with Crippen molar-refractivity contribution in [1.82, 2.24) is 4.90 Å². The third-order valence-electron chi connectivity index (χ3n) is 3.08. The van der Waals surface area contributed by atoms with E-state index in [1.54, 1.807) is 19.2 Å². The van der Waals surface area contributed by atoms with Gasteiger partial charge in [-0.3, -0.25) is 4.99 Å². The van der Waals surface area contributed by atoms with E-state index in [2.05, 4.69) is 9.89 Å². The van der Waals surface area contributed by atoms with Crippen LogP contribution in [0.25, 0.3) is 0 Å². The molecule has 6 heteroatoms. The number of rotatable bonds is 4. The first-order chi connectivity index (χ1) is 10.2. The van der Waals surface area contributed by atoms with Crippen LogP contribution in [0.2, 0.25) is 5.02 Å². The molecule has 5 nitrogen and oxygen atoms in total. The zero-order valence-corrected chi connectivity index (χ0v) is 12.8. The molecular formula is C15H20ClN3O2. The van der Waals surface area contributed by atoms with E-state index in [1.165, 1.54) is 0 Å². The van der Waals surface area contributed by atoms with Crippen molar-refractivity contribution < 1.29 is 9.47 Å². The predicted molar refractivity (Wildman–Crippen MR) is 85.0 cm³/mol. The second-order valence-corrected chi connectivity index (χ2v) is 5.08. The molecule has 2 N–H and O–H groups in total. The van der Waals surface area contributed by atoms with Gasteiger partial charge < -0.3 is 20.1 Å². The summed E-state index contributed by atoms with van der Waals surface area (Å²) in [7, 11) is 1.76. The van der Waals surface area contributed by atoms with Gasteiger partial charge >= 0.3 is 0 Å². The second-order valence-electron chi connectivity index (χ2n) is 4.65. The molecule has 1 aliphatic rings. The van der Waals surface area contributed by atoms with Gasteiger partial charge in [-0.25, -0.2) is 0 Å². The van der Waals surface area contributed by atoms with Crippen LogP contribution in [-0.4, -0.2) is 50.7 Å². The molecule has 0 unspecified atom stereocenters. The minimum Gasteiger partial charge on any atom is -0.487 e. The number of morpholine rings is 1. The van der Waals surface area contributed by atoms with Crippen LogP contribution in [0, 0.1) is 0 Å². The minimum atomic E-state index is 0.295. The first-order valence-corrected chi connectivity index (χ1v) is 7.20. The van der Waals surface area contributed by atoms with E-state index in [1.807, 2.05) is 18.2 Å². The Kier molecular flexibility index (Phi) is 5.90. The summed E-state index contributed by atoms with van der Waals surface area (Å²) in [6, 6.07) is 7.24. The lowest BCUT2D eigenvalue weighted by atomic mass is 10.3. The molecule has 0 spiro atoms. The normalized spacial score (nSPS) is 17.0. The molecule has 1 saturated heterocycles. The second kappa shape index (κ2) is 7.90. The van der Waals surface area contributed by atoms with Crippen LogP contribution in [0.5, 0.6) is 5.75 Å². The molecule has 0 aliphatic carbocycles. The van der Waals surface area contributed by atoms with Crippen LogP contribution < -0.4 is 10.5 Å². The molecule has 0 saturated carbocycles. The molecule has 1 aromatic rings. The molecular weight excluding hydrogens is 290 g/mol. The number of nitrogens with two attached hydrogens (primary N) is 1. The molecule has 114 valence electrons. The molecule has 1 heterocycles. The van der Waals surface area contributed by atoms with Crippen molar-refractivity contribution in [2.45, 2.75) is 0 Å². The Morgan fingerprint density at radius 3 is 2.90 bits per heavy atom. The fourth-order valence-electron chi connectivity index (χ4n) is 2.02. The summed E-state index contributed by atoms with van der Waals surface area (Å²) in [5, 5.41) is 0.638. The highest BCUT2D eigenvalue weighted by Crippen LogP contribution is 2.17. The summed E-state index contributed by atoms with van der Waals surface area (Å²) in [5.74, 6) is 1.55. The van der Waals surface area contributed by atoms with Crippen LogP contribution >= 0.6 is 11.6 Å². The highest BCUT2D eigenvalue weighted by atomic mass is 35.5. The SMILES string of the molecule is CN=C(C=C(N)COc1cccc(Cl)c1)N1CCOCC1. The van der Waals surface area contributed by atoms with Gasteiger partial charge in [0.05, 0.1) is 13.2 Å². The minimum absolute atomic E-state index is 0.295. The number of hydrogen-bond donors (Lipinski definition) is 1. The highest BCUT2D eigenvalue weighted by molar-refractivity contribution is 6.30. The molecule has 0 aromatic heterocycles. The van der Waals surface area contributed by atoms with E-state index in [4.69, 9.17) is 26.8 Å². The van der Waals surface area contributed by atoms with Crippen molar-refractivity contribution in [2.75, 3.05) is 40.0 Å². The number of amidine groups is 1. The number of hydrogen-bond acceptors (Lipinski definition) is 4. The quantitative estimate of drug-likeness (QED) is 0.682. The largest absolute Gasteiger partial charge is 0.487 e. The van der Waals surface area contributed by atoms with Gasteiger partial charge in [0.1, 0.15) is 18.2 Å². The van der Waals surface area contributed by atoms with Crippen LogP contribution in [0.15, 0.2) is 41.0 Å². The summed E-state index contributed by atoms with van der Waals surface area (Å²) in [5.41, 5.74) is 6.62. The third-order valence-corrected chi connectivity index (χ3v) is 3.32. The molecule has 0 amide bonds. The van der Waals surface area contributed by atoms with Crippen LogP contribution in [0.4, 0.5) is 0 Å². The molecule has 0 bridgehead atoms. The molecule has 0 atom stereocenters. The molecule has 21 heavy (non-hydrogen) atoms. The third kappa shape index (κ3) is 4.95. The number of halogens is 1. The number of aliphatic imine (C=N–C) groups is 1. The van der Waals surface area contributed by atoms with Gasteiger partial charge in [0.25, 0.3) is 0 Å². The van der Waals surface area contributed by atoms with E-state index >= 15 is 0 Å². The Balaban J connectivity index is 1.92. The summed E-state index contributed by atoms with van der Waals surface area (Å²) in [6.45, 7) is 3.37. The van der Waals surface area contributed by atoms with Crippen molar-refractivity contribution >= 4 is 17.4 Å². The average molecular weight is 310 g/mol. The van der Waals surface area contributed by atoms with Gasteiger partial charge in [-0.2, -0.15) is 0 Å². The number of ether oxygens (including phenoxy) is 2. The maximum absolute atomic E-state index is 6.01. The van der Waals surface area contributed by atoms with Crippen LogP contribution in [0.1, 0.15) is 0 Å². The van der Waals surface area contributed by atoms with Gasteiger partial charge in [0.2, 0.25) is 0 Å². The fraction of sp³-hybridized carbons (Fsp3) is 0.400. The lowest BCUT2D eigenvalue weighted by Crippen LogP contribution is -2.40. The summed E-state index contributed by atoms with van der Waals surface area (Å²) in [4.78, 5) is 6.42. The summed E-state index contributed by atoms with van der Waals surface area (Å²) < 4.78 is 10.9. The van der Waals surface area contributed by atoms with E-state index in [-0.39, 0.29) is 0 Å². The van der Waals surface area contributed by atoms with Gasteiger partial charge in [0, 0.05) is 36.9 Å². The Morgan fingerprint density at radius 2 is 2.24 bits per heavy atom. The zero-order valence-electron chi connectivity index (χ0n) is 12.1. The van der Waals surface area contributed by atoms with E-state index in [9.17, 15) is 0 Å². The van der Waals surface area contributed by atoms with Gasteiger partial charge in [-0.05, 0) is 18.2 Å². The smallest absolute Gasteiger partial charge is 0.128 e. The molecule has 1 fully saturated rings. The molecule has 2 rings (SSSR count). The molecule has 1 aromatic carbocycles. The Labute approximate surface area is 130 Å². The van der Waals surface area contributed by atoms with Crippen molar-refractivity contribution in [1.29, 1.82) is 0 Å². The van der Waals surface area contributed by atoms with Crippen molar-refractivity contribution in [3.63, 3.8) is 0 Å². The zero-order chi connectivity index (χ0) is 15.1. The average Bonchev–Trinajstić information content (AvgIpc) is 2.51. The predicted octanol–water partition coefficient (Wildman–Crippen LogP) is 1.92. The van der Waals surface area contributed by atoms with Gasteiger partial charge in [0.15, 0.2) is 0 Å². The van der Waals surface area contributed by atoms with Crippen molar-refractivity contribution in [2.24, 2.45) is 10.7 Å². The molecule has 1 aliphatic heterocycles. The Bertz CT molecular complexity index is 525. The first kappa shape index (κ1) is 15.7. The van der Waals surface area contributed by atoms with Crippen molar-refractivity contribution in [3.8, 4) is 5.75 Å². The van der Waals surface area contributed by atoms with Crippen LogP contribution in [0.3, 0.4) is 0 Å². The van der Waals surface area contributed by atoms with E-state index in [0.29, 0.717) is 36.3 Å². The summed E-state index contributed by atoms with van der Waals surface area (Å²) in [6.07, 6.45) is 1.84. The first-order valence-electron chi connectivity index (χ1n) is 6.83. The monoisotopic (exact) mass is 309 g/mol. The van der Waals surface area contributed by atoms with Crippen molar-refractivity contribution in [3.05, 3.63) is 41.1 Å². The van der Waals surface area contributed by atoms with E-state index in [0.717, 1.165) is 18.9 Å². The maximum atomic E-state index is 6.01. The molecule has 0 radical (unpaired) electrons. The van der Waals surface area contributed by atoms with Gasteiger partial charge in [-0.1, -0.05) is 17.7 Å². The standard InChI is InChI=1S/C15H20ClN3O2/c1-18-15(19-5-7-20-8-6-19)10-13(17)11-21-14-4-2-3-12(16)9-14/h2-4,9-10H,5-8,11,17H2,1H3. The lowest BCUT2D eigenvalue weighted by Gasteiger charge is -2.28. The number of nitrogens with zero attached hydrogens (tertiary/aromatic N) is 2. The number of benzene rings is 1. The summed E-state index contributed by atoms with van der Waals surface area (Å²) >= 11 is 5.90.